The number of rotatable bonds is 1. The van der Waals surface area contributed by atoms with E-state index < -0.39 is 0 Å². The Labute approximate surface area is 44.7 Å². The van der Waals surface area contributed by atoms with E-state index in [1.165, 1.54) is 12.8 Å². The van der Waals surface area contributed by atoms with Gasteiger partial charge in [-0.1, -0.05) is 6.42 Å². The van der Waals surface area contributed by atoms with Gasteiger partial charge in [-0.25, -0.2) is 0 Å². The standard InChI is InChI=1S/C6H10O/c1-7-6-4-2-3-5-6/h6H,2-4H2,1H3. The molecule has 1 saturated carbocycles. The highest BCUT2D eigenvalue weighted by atomic mass is 16.5. The maximum absolute atomic E-state index is 5.00. The Balaban J connectivity index is 2.14. The summed E-state index contributed by atoms with van der Waals surface area (Å²) in [6, 6.07) is 0. The molecule has 0 saturated heterocycles. The molecule has 1 unspecified atom stereocenters. The van der Waals surface area contributed by atoms with Crippen LogP contribution in [0.15, 0.2) is 0 Å². The van der Waals surface area contributed by atoms with E-state index in [4.69, 9.17) is 4.74 Å². The summed E-state index contributed by atoms with van der Waals surface area (Å²) in [4.78, 5) is 0. The van der Waals surface area contributed by atoms with Gasteiger partial charge in [0, 0.05) is 13.5 Å². The zero-order valence-electron chi connectivity index (χ0n) is 4.61. The van der Waals surface area contributed by atoms with Gasteiger partial charge in [-0.2, -0.15) is 0 Å². The van der Waals surface area contributed by atoms with Crippen molar-refractivity contribution in [2.45, 2.75) is 25.4 Å². The molecule has 0 N–H and O–H groups in total. The van der Waals surface area contributed by atoms with Crippen LogP contribution in [-0.2, 0) is 4.74 Å². The Morgan fingerprint density at radius 2 is 2.57 bits per heavy atom. The van der Waals surface area contributed by atoms with E-state index in [-0.39, 0.29) is 0 Å². The molecule has 1 nitrogen and oxygen atoms in total. The lowest BCUT2D eigenvalue weighted by Gasteiger charge is -2.01. The molecule has 1 atom stereocenters. The van der Waals surface area contributed by atoms with Crippen molar-refractivity contribution < 1.29 is 4.74 Å². The van der Waals surface area contributed by atoms with Gasteiger partial charge in [0.2, 0.25) is 0 Å². The minimum absolute atomic E-state index is 0.347. The molecular weight excluding hydrogens is 88.1 g/mol. The molecule has 1 fully saturated rings. The Hall–Kier alpha value is -0.0400. The van der Waals surface area contributed by atoms with E-state index in [0.29, 0.717) is 6.10 Å². The lowest BCUT2D eigenvalue weighted by Crippen LogP contribution is -2.02. The number of hydrogen-bond acceptors (Lipinski definition) is 1. The highest BCUT2D eigenvalue weighted by Gasteiger charge is 2.13. The second-order valence-electron chi connectivity index (χ2n) is 1.82. The van der Waals surface area contributed by atoms with Crippen LogP contribution in [0.1, 0.15) is 19.3 Å². The monoisotopic (exact) mass is 98.1 g/mol. The average Bonchev–Trinajstić information content (AvgIpc) is 2.14. The van der Waals surface area contributed by atoms with Crippen molar-refractivity contribution in [3.63, 3.8) is 0 Å². The first-order valence-electron chi connectivity index (χ1n) is 2.69. The molecule has 0 spiro atoms. The molecule has 0 aromatic heterocycles. The van der Waals surface area contributed by atoms with Crippen LogP contribution in [0.2, 0.25) is 0 Å². The summed E-state index contributed by atoms with van der Waals surface area (Å²) in [7, 11) is 1.74. The van der Waals surface area contributed by atoms with Crippen LogP contribution >= 0.6 is 0 Å². The molecular formula is C6H10O. The Morgan fingerprint density at radius 1 is 1.71 bits per heavy atom. The third-order valence-electron chi connectivity index (χ3n) is 1.30. The Kier molecular flexibility index (Phi) is 1.69. The van der Waals surface area contributed by atoms with Crippen LogP contribution in [0.5, 0.6) is 0 Å². The highest BCUT2D eigenvalue weighted by molar-refractivity contribution is 4.83. The van der Waals surface area contributed by atoms with Crippen molar-refractivity contribution in [2.75, 3.05) is 7.11 Å². The Morgan fingerprint density at radius 3 is 2.86 bits per heavy atom. The van der Waals surface area contributed by atoms with Gasteiger partial charge in [0.25, 0.3) is 0 Å². The summed E-state index contributed by atoms with van der Waals surface area (Å²) in [6.07, 6.45) is 7.09. The predicted molar refractivity (Wildman–Crippen MR) is 27.9 cm³/mol. The topological polar surface area (TPSA) is 9.23 Å². The van der Waals surface area contributed by atoms with Crippen molar-refractivity contribution in [1.82, 2.24) is 0 Å². The molecule has 0 heterocycles. The first kappa shape index (κ1) is 5.10. The maximum atomic E-state index is 5.00. The van der Waals surface area contributed by atoms with E-state index in [2.05, 4.69) is 6.42 Å². The van der Waals surface area contributed by atoms with Crippen molar-refractivity contribution in [2.24, 2.45) is 0 Å². The van der Waals surface area contributed by atoms with Crippen molar-refractivity contribution in [1.29, 1.82) is 0 Å². The van der Waals surface area contributed by atoms with Crippen molar-refractivity contribution in [3.8, 4) is 0 Å². The zero-order chi connectivity index (χ0) is 5.11. The highest BCUT2D eigenvalue weighted by Crippen LogP contribution is 2.18. The lowest BCUT2D eigenvalue weighted by molar-refractivity contribution is 0.134. The SMILES string of the molecule is COC1[C]CCC1. The van der Waals surface area contributed by atoms with Crippen LogP contribution in [0.25, 0.3) is 0 Å². The molecule has 2 radical (unpaired) electrons. The summed E-state index contributed by atoms with van der Waals surface area (Å²) in [5, 5.41) is 0. The second kappa shape index (κ2) is 2.31. The van der Waals surface area contributed by atoms with Gasteiger partial charge in [-0.3, -0.25) is 0 Å². The van der Waals surface area contributed by atoms with E-state index >= 15 is 0 Å². The van der Waals surface area contributed by atoms with Gasteiger partial charge < -0.3 is 4.74 Å². The summed E-state index contributed by atoms with van der Waals surface area (Å²) in [5.74, 6) is 0. The smallest absolute Gasteiger partial charge is 0.0640 e. The largest absolute Gasteiger partial charge is 0.381 e. The average molecular weight is 98.1 g/mol. The molecule has 0 bridgehead atoms. The van der Waals surface area contributed by atoms with Gasteiger partial charge in [0.05, 0.1) is 6.10 Å². The molecule has 0 aromatic rings. The normalized spacial score (nSPS) is 23.6. The molecule has 1 heteroatoms. The summed E-state index contributed by atoms with van der Waals surface area (Å²) in [6.45, 7) is 0. The molecule has 0 aliphatic heterocycles. The van der Waals surface area contributed by atoms with E-state index in [0.717, 1.165) is 6.42 Å². The third kappa shape index (κ3) is 1.16. The minimum atomic E-state index is 0.347. The van der Waals surface area contributed by atoms with Crippen molar-refractivity contribution in [3.05, 3.63) is 6.42 Å². The Bertz CT molecular complexity index is 46.1. The van der Waals surface area contributed by atoms with E-state index in [1.807, 2.05) is 0 Å². The quantitative estimate of drug-likeness (QED) is 0.480. The fourth-order valence-corrected chi connectivity index (χ4v) is 0.854. The number of methoxy groups -OCH3 is 1. The van der Waals surface area contributed by atoms with E-state index in [9.17, 15) is 0 Å². The number of ether oxygens (including phenoxy) is 1. The van der Waals surface area contributed by atoms with Crippen LogP contribution in [0.4, 0.5) is 0 Å². The molecule has 0 aromatic carbocycles. The summed E-state index contributed by atoms with van der Waals surface area (Å²) < 4.78 is 5.00. The maximum Gasteiger partial charge on any atom is 0.0640 e. The van der Waals surface area contributed by atoms with Crippen LogP contribution < -0.4 is 0 Å². The van der Waals surface area contributed by atoms with Crippen molar-refractivity contribution >= 4 is 0 Å². The fraction of sp³-hybridized carbons (Fsp3) is 0.833. The van der Waals surface area contributed by atoms with Gasteiger partial charge in [-0.15, -0.1) is 0 Å². The molecule has 1 rings (SSSR count). The molecule has 40 valence electrons. The zero-order valence-corrected chi connectivity index (χ0v) is 4.61. The summed E-state index contributed by atoms with van der Waals surface area (Å²) in [5.41, 5.74) is 0. The molecule has 1 aliphatic rings. The van der Waals surface area contributed by atoms with Gasteiger partial charge in [-0.05, 0) is 12.8 Å². The first-order chi connectivity index (χ1) is 3.43. The fourth-order valence-electron chi connectivity index (χ4n) is 0.854. The third-order valence-corrected chi connectivity index (χ3v) is 1.30. The molecule has 1 aliphatic carbocycles. The first-order valence-corrected chi connectivity index (χ1v) is 2.69. The van der Waals surface area contributed by atoms with E-state index in [1.54, 1.807) is 7.11 Å². The van der Waals surface area contributed by atoms with Crippen LogP contribution in [0.3, 0.4) is 0 Å². The molecule has 7 heavy (non-hydrogen) atoms. The molecule has 0 amide bonds. The van der Waals surface area contributed by atoms with Gasteiger partial charge >= 0.3 is 0 Å². The van der Waals surface area contributed by atoms with Crippen LogP contribution in [0, 0.1) is 6.42 Å². The van der Waals surface area contributed by atoms with Crippen LogP contribution in [-0.4, -0.2) is 13.2 Å². The lowest BCUT2D eigenvalue weighted by atomic mass is 10.3. The van der Waals surface area contributed by atoms with Gasteiger partial charge in [0.15, 0.2) is 0 Å². The second-order valence-corrected chi connectivity index (χ2v) is 1.82. The summed E-state index contributed by atoms with van der Waals surface area (Å²) >= 11 is 0. The van der Waals surface area contributed by atoms with Gasteiger partial charge in [0.1, 0.15) is 0 Å². The predicted octanol–water partition coefficient (Wildman–Crippen LogP) is 1.27. The minimum Gasteiger partial charge on any atom is -0.381 e. The number of hydrogen-bond donors (Lipinski definition) is 0.